The molecule has 0 saturated heterocycles. The molecule has 0 aliphatic carbocycles. The highest BCUT2D eigenvalue weighted by Gasteiger charge is 2.09. The van der Waals surface area contributed by atoms with Gasteiger partial charge in [-0.15, -0.1) is 21.5 Å². The van der Waals surface area contributed by atoms with Crippen LogP contribution in [0.4, 0.5) is 0 Å². The molecule has 0 saturated carbocycles. The van der Waals surface area contributed by atoms with Crippen LogP contribution in [-0.4, -0.2) is 36.6 Å². The summed E-state index contributed by atoms with van der Waals surface area (Å²) in [6, 6.07) is 0. The zero-order valence-corrected chi connectivity index (χ0v) is 14.2. The molecule has 120 valence electrons. The Labute approximate surface area is 141 Å². The van der Waals surface area contributed by atoms with E-state index in [1.807, 2.05) is 34.5 Å². The van der Waals surface area contributed by atoms with E-state index in [4.69, 9.17) is 11.6 Å². The van der Waals surface area contributed by atoms with Crippen LogP contribution in [0.3, 0.4) is 0 Å². The number of hydrogen-bond acceptors (Lipinski definition) is 5. The fourth-order valence-corrected chi connectivity index (χ4v) is 3.11. The molecule has 0 aromatic carbocycles. The number of amides is 1. The average Bonchev–Trinajstić information content (AvgIpc) is 3.16. The summed E-state index contributed by atoms with van der Waals surface area (Å²) >= 11 is 7.56. The Morgan fingerprint density at radius 2 is 2.30 bits per heavy atom. The van der Waals surface area contributed by atoms with Gasteiger partial charge in [-0.3, -0.25) is 9.20 Å². The first kappa shape index (κ1) is 15.7. The minimum atomic E-state index is -0.190. The van der Waals surface area contributed by atoms with Crippen LogP contribution in [-0.2, 0) is 18.3 Å². The van der Waals surface area contributed by atoms with E-state index in [0.29, 0.717) is 23.8 Å². The maximum Gasteiger partial charge on any atom is 0.244 e. The van der Waals surface area contributed by atoms with Gasteiger partial charge in [0, 0.05) is 37.7 Å². The van der Waals surface area contributed by atoms with Gasteiger partial charge in [-0.1, -0.05) is 11.6 Å². The SMILES string of the molecule is Cc1nnc(CCNC(=O)C=Cc2c(Cl)nc3sccn23)n1C. The lowest BCUT2D eigenvalue weighted by Gasteiger charge is -2.02. The number of imidazole rings is 1. The Morgan fingerprint density at radius 1 is 1.48 bits per heavy atom. The van der Waals surface area contributed by atoms with E-state index in [1.165, 1.54) is 17.4 Å². The first-order valence-electron chi connectivity index (χ1n) is 6.98. The summed E-state index contributed by atoms with van der Waals surface area (Å²) in [4.78, 5) is 16.9. The van der Waals surface area contributed by atoms with Gasteiger partial charge in [0.15, 0.2) is 10.1 Å². The van der Waals surface area contributed by atoms with Crippen molar-refractivity contribution in [1.29, 1.82) is 0 Å². The number of halogens is 1. The number of fused-ring (bicyclic) bond motifs is 1. The highest BCUT2D eigenvalue weighted by atomic mass is 35.5. The average molecular weight is 351 g/mol. The van der Waals surface area contributed by atoms with E-state index in [2.05, 4.69) is 20.5 Å². The van der Waals surface area contributed by atoms with Crippen LogP contribution in [0.1, 0.15) is 17.3 Å². The van der Waals surface area contributed by atoms with E-state index in [-0.39, 0.29) is 5.91 Å². The maximum absolute atomic E-state index is 11.9. The zero-order valence-electron chi connectivity index (χ0n) is 12.7. The second-order valence-corrected chi connectivity index (χ2v) is 6.17. The van der Waals surface area contributed by atoms with Crippen molar-refractivity contribution in [2.45, 2.75) is 13.3 Å². The molecular weight excluding hydrogens is 336 g/mol. The molecule has 3 aromatic rings. The molecule has 0 radical (unpaired) electrons. The number of nitrogens with zero attached hydrogens (tertiary/aromatic N) is 5. The van der Waals surface area contributed by atoms with Crippen molar-refractivity contribution in [3.05, 3.63) is 40.1 Å². The molecule has 3 rings (SSSR count). The fraction of sp³-hybridized carbons (Fsp3) is 0.286. The van der Waals surface area contributed by atoms with Crippen LogP contribution >= 0.6 is 22.9 Å². The van der Waals surface area contributed by atoms with Gasteiger partial charge >= 0.3 is 0 Å². The molecule has 0 bridgehead atoms. The van der Waals surface area contributed by atoms with Gasteiger partial charge in [0.2, 0.25) is 5.91 Å². The number of nitrogens with one attached hydrogen (secondary N) is 1. The van der Waals surface area contributed by atoms with Gasteiger partial charge in [-0.2, -0.15) is 0 Å². The Kier molecular flexibility index (Phi) is 4.44. The molecular formula is C14H15ClN6OS. The summed E-state index contributed by atoms with van der Waals surface area (Å²) in [5.41, 5.74) is 0.696. The smallest absolute Gasteiger partial charge is 0.244 e. The summed E-state index contributed by atoms with van der Waals surface area (Å²) in [7, 11) is 1.90. The predicted molar refractivity (Wildman–Crippen MR) is 89.6 cm³/mol. The van der Waals surface area contributed by atoms with E-state index in [1.54, 1.807) is 6.08 Å². The quantitative estimate of drug-likeness (QED) is 0.712. The fourth-order valence-electron chi connectivity index (χ4n) is 2.11. The molecule has 0 atom stereocenters. The monoisotopic (exact) mass is 350 g/mol. The first-order chi connectivity index (χ1) is 11.1. The van der Waals surface area contributed by atoms with Crippen molar-refractivity contribution in [2.75, 3.05) is 6.54 Å². The number of aromatic nitrogens is 5. The predicted octanol–water partition coefficient (Wildman–Crippen LogP) is 1.86. The van der Waals surface area contributed by atoms with Crippen LogP contribution in [0.25, 0.3) is 11.0 Å². The molecule has 3 aromatic heterocycles. The molecule has 0 aliphatic rings. The van der Waals surface area contributed by atoms with Gasteiger partial charge in [-0.05, 0) is 13.0 Å². The number of rotatable bonds is 5. The molecule has 1 amide bonds. The van der Waals surface area contributed by atoms with Crippen LogP contribution in [0.15, 0.2) is 17.7 Å². The number of thiazole rings is 1. The van der Waals surface area contributed by atoms with E-state index < -0.39 is 0 Å². The minimum absolute atomic E-state index is 0.190. The molecule has 0 unspecified atom stereocenters. The number of hydrogen-bond donors (Lipinski definition) is 1. The standard InChI is InChI=1S/C14H15ClN6OS/c1-9-18-19-11(20(9)2)5-6-16-12(22)4-3-10-13(15)17-14-21(10)7-8-23-14/h3-4,7-8H,5-6H2,1-2H3,(H,16,22). The molecule has 3 heterocycles. The lowest BCUT2D eigenvalue weighted by molar-refractivity contribution is -0.116. The normalized spacial score (nSPS) is 11.6. The Hall–Kier alpha value is -2.19. The highest BCUT2D eigenvalue weighted by molar-refractivity contribution is 7.15. The van der Waals surface area contributed by atoms with Gasteiger partial charge in [0.25, 0.3) is 0 Å². The molecule has 9 heteroatoms. The van der Waals surface area contributed by atoms with Crippen molar-refractivity contribution in [1.82, 2.24) is 29.5 Å². The van der Waals surface area contributed by atoms with Crippen molar-refractivity contribution in [3.63, 3.8) is 0 Å². The van der Waals surface area contributed by atoms with Crippen molar-refractivity contribution in [2.24, 2.45) is 7.05 Å². The van der Waals surface area contributed by atoms with Crippen LogP contribution in [0, 0.1) is 6.92 Å². The third-order valence-electron chi connectivity index (χ3n) is 3.48. The van der Waals surface area contributed by atoms with Gasteiger partial charge < -0.3 is 9.88 Å². The molecule has 0 spiro atoms. The third-order valence-corrected chi connectivity index (χ3v) is 4.51. The molecule has 7 nitrogen and oxygen atoms in total. The van der Waals surface area contributed by atoms with Crippen LogP contribution in [0.5, 0.6) is 0 Å². The maximum atomic E-state index is 11.9. The Bertz CT molecular complexity index is 877. The first-order valence-corrected chi connectivity index (χ1v) is 8.24. The number of carbonyl (C=O) groups is 1. The Balaban J connectivity index is 1.58. The van der Waals surface area contributed by atoms with Crippen LogP contribution < -0.4 is 5.32 Å². The molecule has 23 heavy (non-hydrogen) atoms. The van der Waals surface area contributed by atoms with E-state index in [9.17, 15) is 4.79 Å². The molecule has 0 aliphatic heterocycles. The van der Waals surface area contributed by atoms with Crippen molar-refractivity contribution < 1.29 is 4.79 Å². The summed E-state index contributed by atoms with van der Waals surface area (Å²) in [5, 5.41) is 13.1. The Morgan fingerprint density at radius 3 is 3.04 bits per heavy atom. The largest absolute Gasteiger partial charge is 0.352 e. The third kappa shape index (κ3) is 3.27. The van der Waals surface area contributed by atoms with Crippen molar-refractivity contribution in [3.8, 4) is 0 Å². The highest BCUT2D eigenvalue weighted by Crippen LogP contribution is 2.22. The molecule has 0 fully saturated rings. The summed E-state index contributed by atoms with van der Waals surface area (Å²) < 4.78 is 3.75. The van der Waals surface area contributed by atoms with Crippen molar-refractivity contribution >= 4 is 39.9 Å². The number of aryl methyl sites for hydroxylation is 1. The van der Waals surface area contributed by atoms with E-state index >= 15 is 0 Å². The second kappa shape index (κ2) is 6.51. The van der Waals surface area contributed by atoms with Gasteiger partial charge in [0.1, 0.15) is 11.6 Å². The topological polar surface area (TPSA) is 77.1 Å². The minimum Gasteiger partial charge on any atom is -0.352 e. The van der Waals surface area contributed by atoms with E-state index in [0.717, 1.165) is 16.6 Å². The summed E-state index contributed by atoms with van der Waals surface area (Å²) in [5.74, 6) is 1.50. The van der Waals surface area contributed by atoms with Gasteiger partial charge in [-0.25, -0.2) is 4.98 Å². The summed E-state index contributed by atoms with van der Waals surface area (Å²) in [6.45, 7) is 2.38. The zero-order chi connectivity index (χ0) is 16.4. The lowest BCUT2D eigenvalue weighted by Crippen LogP contribution is -2.24. The van der Waals surface area contributed by atoms with Crippen LogP contribution in [0.2, 0.25) is 5.15 Å². The summed E-state index contributed by atoms with van der Waals surface area (Å²) in [6.07, 6.45) is 5.61. The lowest BCUT2D eigenvalue weighted by atomic mass is 10.3. The second-order valence-electron chi connectivity index (χ2n) is 4.94. The number of carbonyl (C=O) groups excluding carboxylic acids is 1. The molecule has 1 N–H and O–H groups in total. The van der Waals surface area contributed by atoms with Gasteiger partial charge in [0.05, 0.1) is 5.69 Å².